The number of halogens is 2. The van der Waals surface area contributed by atoms with Crippen molar-refractivity contribution in [2.75, 3.05) is 5.32 Å². The second kappa shape index (κ2) is 6.12. The van der Waals surface area contributed by atoms with Gasteiger partial charge in [-0.15, -0.1) is 0 Å². The summed E-state index contributed by atoms with van der Waals surface area (Å²) in [6.45, 7) is 2.80. The first-order valence-electron chi connectivity index (χ1n) is 6.87. The summed E-state index contributed by atoms with van der Waals surface area (Å²) < 4.78 is 6.91. The molecule has 0 saturated heterocycles. The Morgan fingerprint density at radius 3 is 2.81 bits per heavy atom. The number of nitrogens with one attached hydrogen (secondary N) is 1. The summed E-state index contributed by atoms with van der Waals surface area (Å²) in [5.74, 6) is 1.02. The zero-order valence-electron chi connectivity index (χ0n) is 11.6. The Kier molecular flexibility index (Phi) is 4.22. The summed E-state index contributed by atoms with van der Waals surface area (Å²) in [5, 5.41) is 5.27. The molecular formula is C17H15BrClNO. The third-order valence-electron chi connectivity index (χ3n) is 3.49. The average molecular weight is 365 g/mol. The Labute approximate surface area is 137 Å². The molecule has 0 spiro atoms. The van der Waals surface area contributed by atoms with Gasteiger partial charge in [0.05, 0.1) is 10.7 Å². The number of aryl methyl sites for hydroxylation is 1. The molecule has 0 bridgehead atoms. The fourth-order valence-corrected chi connectivity index (χ4v) is 2.99. The summed E-state index contributed by atoms with van der Waals surface area (Å²) in [6.07, 6.45) is 0.873. The van der Waals surface area contributed by atoms with Gasteiger partial charge in [0.25, 0.3) is 0 Å². The van der Waals surface area contributed by atoms with Gasteiger partial charge in [0, 0.05) is 28.4 Å². The van der Waals surface area contributed by atoms with Gasteiger partial charge in [-0.05, 0) is 24.3 Å². The first-order valence-corrected chi connectivity index (χ1v) is 8.04. The molecule has 4 heteroatoms. The summed E-state index contributed by atoms with van der Waals surface area (Å²) >= 11 is 9.69. The van der Waals surface area contributed by atoms with Crippen LogP contribution in [-0.2, 0) is 13.0 Å². The number of benzene rings is 2. The highest BCUT2D eigenvalue weighted by Crippen LogP contribution is 2.30. The fraction of sp³-hybridized carbons (Fsp3) is 0.176. The zero-order valence-corrected chi connectivity index (χ0v) is 14.0. The highest BCUT2D eigenvalue weighted by Gasteiger charge is 2.12. The molecule has 0 unspecified atom stereocenters. The van der Waals surface area contributed by atoms with Crippen LogP contribution in [-0.4, -0.2) is 0 Å². The van der Waals surface area contributed by atoms with E-state index in [0.29, 0.717) is 11.6 Å². The minimum Gasteiger partial charge on any atom is -0.461 e. The summed E-state index contributed by atoms with van der Waals surface area (Å²) in [7, 11) is 0. The van der Waals surface area contributed by atoms with Gasteiger partial charge < -0.3 is 9.73 Å². The predicted octanol–water partition coefficient (Wildman–Crippen LogP) is 6.02. The van der Waals surface area contributed by atoms with Gasteiger partial charge in [-0.25, -0.2) is 0 Å². The standard InChI is InChI=1S/C17H15BrClNO/c1-2-16-13(12-5-3-4-6-17(12)21-16)10-20-15-9-11(18)7-8-14(15)19/h3-9,20H,2,10H2,1H3. The van der Waals surface area contributed by atoms with Crippen LogP contribution in [0.3, 0.4) is 0 Å². The van der Waals surface area contributed by atoms with Gasteiger partial charge in [-0.3, -0.25) is 0 Å². The summed E-state index contributed by atoms with van der Waals surface area (Å²) in [4.78, 5) is 0. The molecule has 0 amide bonds. The van der Waals surface area contributed by atoms with Crippen molar-refractivity contribution in [3.8, 4) is 0 Å². The minimum atomic E-state index is 0.691. The van der Waals surface area contributed by atoms with Crippen molar-refractivity contribution in [3.05, 3.63) is 63.3 Å². The number of hydrogen-bond donors (Lipinski definition) is 1. The van der Waals surface area contributed by atoms with Crippen LogP contribution >= 0.6 is 27.5 Å². The van der Waals surface area contributed by atoms with Crippen molar-refractivity contribution in [3.63, 3.8) is 0 Å². The van der Waals surface area contributed by atoms with E-state index in [1.165, 1.54) is 5.56 Å². The van der Waals surface area contributed by atoms with E-state index in [9.17, 15) is 0 Å². The monoisotopic (exact) mass is 363 g/mol. The van der Waals surface area contributed by atoms with Crippen molar-refractivity contribution >= 4 is 44.2 Å². The maximum atomic E-state index is 6.22. The highest BCUT2D eigenvalue weighted by atomic mass is 79.9. The Bertz CT molecular complexity index is 782. The first-order chi connectivity index (χ1) is 10.2. The molecule has 3 rings (SSSR count). The smallest absolute Gasteiger partial charge is 0.134 e. The zero-order chi connectivity index (χ0) is 14.8. The SMILES string of the molecule is CCc1oc2ccccc2c1CNc1cc(Br)ccc1Cl. The van der Waals surface area contributed by atoms with Crippen LogP contribution in [0.15, 0.2) is 51.4 Å². The van der Waals surface area contributed by atoms with Crippen molar-refractivity contribution in [1.82, 2.24) is 0 Å². The normalized spacial score (nSPS) is 11.0. The molecule has 108 valence electrons. The molecule has 21 heavy (non-hydrogen) atoms. The van der Waals surface area contributed by atoms with Gasteiger partial charge in [-0.1, -0.05) is 52.7 Å². The number of para-hydroxylation sites is 1. The van der Waals surface area contributed by atoms with E-state index >= 15 is 0 Å². The van der Waals surface area contributed by atoms with Crippen LogP contribution in [0.2, 0.25) is 5.02 Å². The van der Waals surface area contributed by atoms with E-state index in [-0.39, 0.29) is 0 Å². The predicted molar refractivity (Wildman–Crippen MR) is 92.1 cm³/mol. The van der Waals surface area contributed by atoms with Gasteiger partial charge in [0.2, 0.25) is 0 Å². The minimum absolute atomic E-state index is 0.691. The maximum Gasteiger partial charge on any atom is 0.134 e. The lowest BCUT2D eigenvalue weighted by Crippen LogP contribution is -2.01. The van der Waals surface area contributed by atoms with Gasteiger partial charge in [0.15, 0.2) is 0 Å². The van der Waals surface area contributed by atoms with Crippen LogP contribution in [0.25, 0.3) is 11.0 Å². The van der Waals surface area contributed by atoms with Gasteiger partial charge >= 0.3 is 0 Å². The molecule has 1 N–H and O–H groups in total. The van der Waals surface area contributed by atoms with Crippen LogP contribution in [0, 0.1) is 0 Å². The lowest BCUT2D eigenvalue weighted by atomic mass is 10.1. The van der Waals surface area contributed by atoms with Crippen molar-refractivity contribution in [2.45, 2.75) is 19.9 Å². The largest absolute Gasteiger partial charge is 0.461 e. The van der Waals surface area contributed by atoms with Crippen molar-refractivity contribution < 1.29 is 4.42 Å². The number of fused-ring (bicyclic) bond motifs is 1. The van der Waals surface area contributed by atoms with Gasteiger partial charge in [-0.2, -0.15) is 0 Å². The molecule has 0 aliphatic carbocycles. The molecular weight excluding hydrogens is 350 g/mol. The van der Waals surface area contributed by atoms with E-state index in [0.717, 1.165) is 33.3 Å². The molecule has 0 atom stereocenters. The van der Waals surface area contributed by atoms with Crippen LogP contribution in [0.4, 0.5) is 5.69 Å². The van der Waals surface area contributed by atoms with Crippen LogP contribution in [0.5, 0.6) is 0 Å². The molecule has 1 aromatic heterocycles. The molecule has 0 fully saturated rings. The van der Waals surface area contributed by atoms with Crippen LogP contribution in [0.1, 0.15) is 18.2 Å². The Morgan fingerprint density at radius 1 is 1.19 bits per heavy atom. The maximum absolute atomic E-state index is 6.22. The van der Waals surface area contributed by atoms with E-state index in [2.05, 4.69) is 34.2 Å². The van der Waals surface area contributed by atoms with Gasteiger partial charge in [0.1, 0.15) is 11.3 Å². The lowest BCUT2D eigenvalue weighted by molar-refractivity contribution is 0.551. The number of rotatable bonds is 4. The molecule has 0 aliphatic heterocycles. The van der Waals surface area contributed by atoms with E-state index < -0.39 is 0 Å². The van der Waals surface area contributed by atoms with E-state index in [1.54, 1.807) is 0 Å². The van der Waals surface area contributed by atoms with Crippen molar-refractivity contribution in [1.29, 1.82) is 0 Å². The molecule has 3 aromatic rings. The Hall–Kier alpha value is -1.45. The van der Waals surface area contributed by atoms with E-state index in [1.807, 2.05) is 36.4 Å². The second-order valence-corrected chi connectivity index (χ2v) is 6.15. The Morgan fingerprint density at radius 2 is 2.00 bits per heavy atom. The molecule has 0 radical (unpaired) electrons. The number of anilines is 1. The van der Waals surface area contributed by atoms with Crippen molar-refractivity contribution in [2.24, 2.45) is 0 Å². The Balaban J connectivity index is 1.93. The number of furan rings is 1. The highest BCUT2D eigenvalue weighted by molar-refractivity contribution is 9.10. The molecule has 0 saturated carbocycles. The van der Waals surface area contributed by atoms with Crippen LogP contribution < -0.4 is 5.32 Å². The third-order valence-corrected chi connectivity index (χ3v) is 4.31. The lowest BCUT2D eigenvalue weighted by Gasteiger charge is -2.09. The second-order valence-electron chi connectivity index (χ2n) is 4.83. The topological polar surface area (TPSA) is 25.2 Å². The average Bonchev–Trinajstić information content (AvgIpc) is 2.86. The summed E-state index contributed by atoms with van der Waals surface area (Å²) in [5.41, 5.74) is 3.05. The molecule has 0 aliphatic rings. The van der Waals surface area contributed by atoms with E-state index in [4.69, 9.17) is 16.0 Å². The molecule has 2 nitrogen and oxygen atoms in total. The number of hydrogen-bond acceptors (Lipinski definition) is 2. The quantitative estimate of drug-likeness (QED) is 0.612. The molecule has 2 aromatic carbocycles. The first kappa shape index (κ1) is 14.5. The molecule has 1 heterocycles. The third kappa shape index (κ3) is 2.94. The fourth-order valence-electron chi connectivity index (χ4n) is 2.45. The summed E-state index contributed by atoms with van der Waals surface area (Å²) in [6, 6.07) is 13.9.